The van der Waals surface area contributed by atoms with Crippen LogP contribution >= 0.6 is 0 Å². The third-order valence-corrected chi connectivity index (χ3v) is 5.78. The Morgan fingerprint density at radius 2 is 1.88 bits per heavy atom. The molecule has 1 fully saturated rings. The first-order valence-corrected chi connectivity index (χ1v) is 10.6. The zero-order valence-corrected chi connectivity index (χ0v) is 15.8. The molecular weight excluding hydrogens is 338 g/mol. The molecule has 2 rings (SSSR count). The molecule has 0 saturated heterocycles. The predicted octanol–water partition coefficient (Wildman–Crippen LogP) is 2.29. The summed E-state index contributed by atoms with van der Waals surface area (Å²) in [6.45, 7) is 1.90. The second kappa shape index (κ2) is 9.10. The average molecular weight is 365 g/mol. The highest BCUT2D eigenvalue weighted by molar-refractivity contribution is 7.88. The number of hydrazone groups is 1. The van der Waals surface area contributed by atoms with Gasteiger partial charge < -0.3 is 0 Å². The van der Waals surface area contributed by atoms with Gasteiger partial charge in [-0.1, -0.05) is 50.5 Å². The van der Waals surface area contributed by atoms with Crippen LogP contribution in [0, 0.1) is 0 Å². The van der Waals surface area contributed by atoms with Gasteiger partial charge in [0.2, 0.25) is 10.0 Å². The highest BCUT2D eigenvalue weighted by Crippen LogP contribution is 2.24. The lowest BCUT2D eigenvalue weighted by molar-refractivity contribution is -0.121. The van der Waals surface area contributed by atoms with E-state index in [0.717, 1.165) is 50.3 Å². The summed E-state index contributed by atoms with van der Waals surface area (Å²) in [6.07, 6.45) is 8.45. The minimum Gasteiger partial charge on any atom is -0.272 e. The maximum Gasteiger partial charge on any atom is 0.255 e. The minimum absolute atomic E-state index is 0.0833. The maximum absolute atomic E-state index is 12.1. The molecule has 1 amide bonds. The fraction of sp³-hybridized carbons (Fsp3) is 0.556. The van der Waals surface area contributed by atoms with Gasteiger partial charge in [0, 0.05) is 6.04 Å². The van der Waals surface area contributed by atoms with Crippen molar-refractivity contribution in [3.8, 4) is 0 Å². The van der Waals surface area contributed by atoms with E-state index < -0.39 is 15.9 Å². The van der Waals surface area contributed by atoms with Gasteiger partial charge in [-0.25, -0.2) is 13.8 Å². The Hall–Kier alpha value is -1.73. The Labute approximate surface area is 150 Å². The Bertz CT molecular complexity index is 693. The number of nitrogens with zero attached hydrogens (tertiary/aromatic N) is 2. The van der Waals surface area contributed by atoms with Crippen LogP contribution in [0.15, 0.2) is 29.4 Å². The van der Waals surface area contributed by atoms with Gasteiger partial charge in [-0.3, -0.25) is 4.79 Å². The molecule has 1 aliphatic carbocycles. The molecule has 25 heavy (non-hydrogen) atoms. The largest absolute Gasteiger partial charge is 0.272 e. The van der Waals surface area contributed by atoms with E-state index in [0.29, 0.717) is 0 Å². The van der Waals surface area contributed by atoms with Gasteiger partial charge in [0.25, 0.3) is 5.91 Å². The molecular formula is C18H27N3O3S. The quantitative estimate of drug-likeness (QED) is 0.595. The topological polar surface area (TPSA) is 78.8 Å². The van der Waals surface area contributed by atoms with E-state index >= 15 is 0 Å². The molecule has 0 aliphatic heterocycles. The first-order chi connectivity index (χ1) is 11.9. The van der Waals surface area contributed by atoms with Crippen LogP contribution in [0.3, 0.4) is 0 Å². The van der Waals surface area contributed by atoms with Gasteiger partial charge in [-0.15, -0.1) is 0 Å². The standard InChI is InChI=1S/C18H27N3O3S/c1-3-15-9-11-16(12-10-15)13-19-20-18(22)14-21(25(2,23)24)17-7-5-4-6-8-17/h9-13,17H,3-8,14H2,1-2H3,(H,20,22). The summed E-state index contributed by atoms with van der Waals surface area (Å²) in [5.74, 6) is -0.419. The lowest BCUT2D eigenvalue weighted by Crippen LogP contribution is -2.45. The van der Waals surface area contributed by atoms with Gasteiger partial charge in [0.05, 0.1) is 19.0 Å². The summed E-state index contributed by atoms with van der Waals surface area (Å²) in [6, 6.07) is 7.80. The minimum atomic E-state index is -3.42. The summed E-state index contributed by atoms with van der Waals surface area (Å²) in [7, 11) is -3.42. The molecule has 0 spiro atoms. The van der Waals surface area contributed by atoms with Crippen LogP contribution in [0.4, 0.5) is 0 Å². The van der Waals surface area contributed by atoms with E-state index in [2.05, 4.69) is 17.5 Å². The number of sulfonamides is 1. The van der Waals surface area contributed by atoms with Crippen LogP contribution in [0.25, 0.3) is 0 Å². The molecule has 7 heteroatoms. The van der Waals surface area contributed by atoms with Crippen LogP contribution < -0.4 is 5.43 Å². The Kier molecular flexibility index (Phi) is 7.13. The van der Waals surface area contributed by atoms with Gasteiger partial charge in [0.1, 0.15) is 0 Å². The lowest BCUT2D eigenvalue weighted by atomic mass is 9.95. The van der Waals surface area contributed by atoms with E-state index in [9.17, 15) is 13.2 Å². The molecule has 1 saturated carbocycles. The van der Waals surface area contributed by atoms with Crippen LogP contribution in [0.1, 0.15) is 50.2 Å². The van der Waals surface area contributed by atoms with Crippen molar-refractivity contribution >= 4 is 22.1 Å². The third-order valence-electron chi connectivity index (χ3n) is 4.50. The van der Waals surface area contributed by atoms with Crippen molar-refractivity contribution in [2.45, 2.75) is 51.5 Å². The second-order valence-corrected chi connectivity index (χ2v) is 8.42. The number of nitrogens with one attached hydrogen (secondary N) is 1. The van der Waals surface area contributed by atoms with E-state index in [1.165, 1.54) is 9.87 Å². The van der Waals surface area contributed by atoms with Crippen molar-refractivity contribution in [3.05, 3.63) is 35.4 Å². The SMILES string of the molecule is CCc1ccc(C=NNC(=O)CN(C2CCCCC2)S(C)(=O)=O)cc1. The van der Waals surface area contributed by atoms with Gasteiger partial charge in [-0.05, 0) is 30.4 Å². The highest BCUT2D eigenvalue weighted by atomic mass is 32.2. The molecule has 0 aromatic heterocycles. The summed E-state index contributed by atoms with van der Waals surface area (Å²) in [4.78, 5) is 12.1. The fourth-order valence-electron chi connectivity index (χ4n) is 3.08. The number of benzene rings is 1. The molecule has 1 N–H and O–H groups in total. The third kappa shape index (κ3) is 6.25. The molecule has 0 bridgehead atoms. The first kappa shape index (κ1) is 19.6. The van der Waals surface area contributed by atoms with Gasteiger partial charge in [0.15, 0.2) is 0 Å². The molecule has 138 valence electrons. The lowest BCUT2D eigenvalue weighted by Gasteiger charge is -2.31. The number of amides is 1. The molecule has 1 aliphatic rings. The number of aryl methyl sites for hydroxylation is 1. The summed E-state index contributed by atoms with van der Waals surface area (Å²) in [5.41, 5.74) is 4.54. The number of hydrogen-bond donors (Lipinski definition) is 1. The Balaban J connectivity index is 1.92. The zero-order chi connectivity index (χ0) is 18.3. The van der Waals surface area contributed by atoms with E-state index in [1.54, 1.807) is 6.21 Å². The molecule has 0 radical (unpaired) electrons. The van der Waals surface area contributed by atoms with Crippen molar-refractivity contribution in [3.63, 3.8) is 0 Å². The van der Waals surface area contributed by atoms with E-state index in [1.807, 2.05) is 24.3 Å². The highest BCUT2D eigenvalue weighted by Gasteiger charge is 2.29. The number of hydrogen-bond acceptors (Lipinski definition) is 4. The predicted molar refractivity (Wildman–Crippen MR) is 100.0 cm³/mol. The fourth-order valence-corrected chi connectivity index (χ4v) is 4.19. The van der Waals surface area contributed by atoms with Gasteiger partial charge >= 0.3 is 0 Å². The smallest absolute Gasteiger partial charge is 0.255 e. The molecule has 0 atom stereocenters. The number of carbonyl (C=O) groups is 1. The molecule has 1 aromatic carbocycles. The Morgan fingerprint density at radius 3 is 2.44 bits per heavy atom. The molecule has 1 aromatic rings. The van der Waals surface area contributed by atoms with Crippen molar-refractivity contribution in [1.29, 1.82) is 0 Å². The Morgan fingerprint density at radius 1 is 1.24 bits per heavy atom. The van der Waals surface area contributed by atoms with Crippen LogP contribution in [-0.4, -0.2) is 43.7 Å². The molecule has 6 nitrogen and oxygen atoms in total. The normalized spacial score (nSPS) is 16.4. The van der Waals surface area contributed by atoms with Gasteiger partial charge in [-0.2, -0.15) is 9.41 Å². The maximum atomic E-state index is 12.1. The summed E-state index contributed by atoms with van der Waals surface area (Å²) in [5, 5.41) is 3.93. The average Bonchev–Trinajstić information content (AvgIpc) is 2.60. The first-order valence-electron chi connectivity index (χ1n) is 8.78. The summed E-state index contributed by atoms with van der Waals surface area (Å²) >= 11 is 0. The summed E-state index contributed by atoms with van der Waals surface area (Å²) < 4.78 is 25.4. The van der Waals surface area contributed by atoms with Crippen molar-refractivity contribution < 1.29 is 13.2 Å². The van der Waals surface area contributed by atoms with Crippen LogP contribution in [-0.2, 0) is 21.2 Å². The van der Waals surface area contributed by atoms with Crippen molar-refractivity contribution in [2.24, 2.45) is 5.10 Å². The number of rotatable bonds is 7. The molecule has 0 heterocycles. The second-order valence-electron chi connectivity index (χ2n) is 6.49. The van der Waals surface area contributed by atoms with Crippen LogP contribution in [0.5, 0.6) is 0 Å². The monoisotopic (exact) mass is 365 g/mol. The van der Waals surface area contributed by atoms with E-state index in [4.69, 9.17) is 0 Å². The molecule has 0 unspecified atom stereocenters. The van der Waals surface area contributed by atoms with E-state index in [-0.39, 0.29) is 12.6 Å². The zero-order valence-electron chi connectivity index (χ0n) is 14.9. The van der Waals surface area contributed by atoms with Crippen LogP contribution in [0.2, 0.25) is 0 Å². The number of carbonyl (C=O) groups excluding carboxylic acids is 1. The van der Waals surface area contributed by atoms with Crippen molar-refractivity contribution in [2.75, 3.05) is 12.8 Å². The van der Waals surface area contributed by atoms with Crippen molar-refractivity contribution in [1.82, 2.24) is 9.73 Å².